The van der Waals surface area contributed by atoms with E-state index in [0.29, 0.717) is 0 Å². The highest BCUT2D eigenvalue weighted by atomic mass is 15.3. The van der Waals surface area contributed by atoms with E-state index in [2.05, 4.69) is 20.4 Å². The molecule has 90 valence electrons. The van der Waals surface area contributed by atoms with E-state index in [1.807, 2.05) is 37.8 Å². The minimum atomic E-state index is 0.790. The van der Waals surface area contributed by atoms with Gasteiger partial charge in [-0.3, -0.25) is 9.67 Å². The molecule has 0 unspecified atom stereocenters. The highest BCUT2D eigenvalue weighted by Crippen LogP contribution is 2.05. The molecular weight excluding hydrogens is 214 g/mol. The Morgan fingerprint density at radius 2 is 2.00 bits per heavy atom. The van der Waals surface area contributed by atoms with E-state index in [1.165, 1.54) is 5.56 Å². The lowest BCUT2D eigenvalue weighted by Gasteiger charge is -2.07. The first kappa shape index (κ1) is 11.6. The maximum Gasteiger partial charge on any atom is 0.144 e. The molecule has 5 nitrogen and oxygen atoms in total. The molecule has 0 saturated heterocycles. The van der Waals surface area contributed by atoms with Gasteiger partial charge in [-0.25, -0.2) is 4.98 Å². The van der Waals surface area contributed by atoms with Crippen LogP contribution in [0.4, 0.5) is 5.82 Å². The van der Waals surface area contributed by atoms with Crippen LogP contribution in [0.2, 0.25) is 0 Å². The molecule has 0 spiro atoms. The van der Waals surface area contributed by atoms with Crippen molar-refractivity contribution in [2.75, 3.05) is 11.9 Å². The lowest BCUT2D eigenvalue weighted by atomic mass is 10.3. The molecule has 5 heteroatoms. The van der Waals surface area contributed by atoms with Crippen molar-refractivity contribution in [2.45, 2.75) is 27.3 Å². The minimum Gasteiger partial charge on any atom is -0.367 e. The van der Waals surface area contributed by atoms with Gasteiger partial charge in [0.2, 0.25) is 0 Å². The second-order valence-electron chi connectivity index (χ2n) is 4.13. The maximum atomic E-state index is 4.41. The van der Waals surface area contributed by atoms with Crippen molar-refractivity contribution in [3.63, 3.8) is 0 Å². The van der Waals surface area contributed by atoms with Crippen LogP contribution < -0.4 is 5.32 Å². The third-order valence-electron chi connectivity index (χ3n) is 2.60. The van der Waals surface area contributed by atoms with Gasteiger partial charge in [0.05, 0.1) is 30.3 Å². The zero-order chi connectivity index (χ0) is 12.3. The summed E-state index contributed by atoms with van der Waals surface area (Å²) in [5, 5.41) is 7.46. The lowest BCUT2D eigenvalue weighted by Crippen LogP contribution is -2.12. The van der Waals surface area contributed by atoms with Crippen LogP contribution in [0.3, 0.4) is 0 Å². The highest BCUT2D eigenvalue weighted by molar-refractivity contribution is 5.33. The van der Waals surface area contributed by atoms with Crippen LogP contribution in [0.1, 0.15) is 17.0 Å². The second kappa shape index (κ2) is 4.95. The molecule has 0 saturated carbocycles. The zero-order valence-corrected chi connectivity index (χ0v) is 10.4. The predicted octanol–water partition coefficient (Wildman–Crippen LogP) is 1.71. The first-order valence-electron chi connectivity index (χ1n) is 5.68. The van der Waals surface area contributed by atoms with Gasteiger partial charge in [-0.2, -0.15) is 5.10 Å². The van der Waals surface area contributed by atoms with E-state index in [0.717, 1.165) is 30.3 Å². The summed E-state index contributed by atoms with van der Waals surface area (Å²) in [6.45, 7) is 7.56. The molecule has 17 heavy (non-hydrogen) atoms. The van der Waals surface area contributed by atoms with E-state index < -0.39 is 0 Å². The molecule has 0 aliphatic rings. The molecule has 2 rings (SSSR count). The number of nitrogens with one attached hydrogen (secondary N) is 1. The van der Waals surface area contributed by atoms with Crippen molar-refractivity contribution in [1.82, 2.24) is 19.7 Å². The van der Waals surface area contributed by atoms with E-state index >= 15 is 0 Å². The molecule has 2 aromatic heterocycles. The summed E-state index contributed by atoms with van der Waals surface area (Å²) in [6.07, 6.45) is 5.64. The normalized spacial score (nSPS) is 10.5. The lowest BCUT2D eigenvalue weighted by molar-refractivity contribution is 0.636. The molecule has 0 aliphatic carbocycles. The number of anilines is 1. The van der Waals surface area contributed by atoms with Crippen LogP contribution in [-0.2, 0) is 6.54 Å². The molecular formula is C12H17N5. The topological polar surface area (TPSA) is 55.6 Å². The predicted molar refractivity (Wildman–Crippen MR) is 67.0 cm³/mol. The summed E-state index contributed by atoms with van der Waals surface area (Å²) in [5.74, 6) is 0.817. The Labute approximate surface area is 101 Å². The Bertz CT molecular complexity index is 503. The number of hydrogen-bond donors (Lipinski definition) is 1. The van der Waals surface area contributed by atoms with Crippen molar-refractivity contribution in [1.29, 1.82) is 0 Å². The summed E-state index contributed by atoms with van der Waals surface area (Å²) in [5.41, 5.74) is 3.11. The Hall–Kier alpha value is -1.91. The van der Waals surface area contributed by atoms with Crippen LogP contribution >= 0.6 is 0 Å². The van der Waals surface area contributed by atoms with E-state index in [-0.39, 0.29) is 0 Å². The number of nitrogens with zero attached hydrogens (tertiary/aromatic N) is 4. The number of hydrogen-bond acceptors (Lipinski definition) is 4. The molecule has 0 radical (unpaired) electrons. The molecule has 0 bridgehead atoms. The average molecular weight is 231 g/mol. The smallest absolute Gasteiger partial charge is 0.144 e. The van der Waals surface area contributed by atoms with Crippen LogP contribution in [0.15, 0.2) is 18.6 Å². The SMILES string of the molecule is Cc1cnn(CCNc2cnc(C)c(C)n2)c1. The van der Waals surface area contributed by atoms with Gasteiger partial charge >= 0.3 is 0 Å². The molecule has 0 atom stereocenters. The van der Waals surface area contributed by atoms with Gasteiger partial charge < -0.3 is 5.32 Å². The van der Waals surface area contributed by atoms with Gasteiger partial charge in [0.1, 0.15) is 5.82 Å². The molecule has 0 aromatic carbocycles. The number of aryl methyl sites for hydroxylation is 3. The fraction of sp³-hybridized carbons (Fsp3) is 0.417. The third kappa shape index (κ3) is 3.03. The van der Waals surface area contributed by atoms with E-state index in [1.54, 1.807) is 6.20 Å². The fourth-order valence-corrected chi connectivity index (χ4v) is 1.51. The van der Waals surface area contributed by atoms with Crippen molar-refractivity contribution >= 4 is 5.82 Å². The van der Waals surface area contributed by atoms with Crippen molar-refractivity contribution in [3.05, 3.63) is 35.5 Å². The Morgan fingerprint density at radius 3 is 2.65 bits per heavy atom. The van der Waals surface area contributed by atoms with Gasteiger partial charge in [-0.1, -0.05) is 0 Å². The molecule has 1 N–H and O–H groups in total. The zero-order valence-electron chi connectivity index (χ0n) is 10.4. The van der Waals surface area contributed by atoms with Gasteiger partial charge in [0.15, 0.2) is 0 Å². The molecule has 2 aromatic rings. The highest BCUT2D eigenvalue weighted by Gasteiger charge is 1.99. The second-order valence-corrected chi connectivity index (χ2v) is 4.13. The summed E-state index contributed by atoms with van der Waals surface area (Å²) < 4.78 is 1.91. The van der Waals surface area contributed by atoms with Crippen molar-refractivity contribution in [3.8, 4) is 0 Å². The van der Waals surface area contributed by atoms with Crippen LogP contribution in [0, 0.1) is 20.8 Å². The van der Waals surface area contributed by atoms with Gasteiger partial charge in [-0.05, 0) is 26.3 Å². The summed E-state index contributed by atoms with van der Waals surface area (Å²) in [7, 11) is 0. The molecule has 0 amide bonds. The minimum absolute atomic E-state index is 0.790. The molecule has 0 fully saturated rings. The quantitative estimate of drug-likeness (QED) is 0.870. The van der Waals surface area contributed by atoms with Crippen molar-refractivity contribution < 1.29 is 0 Å². The number of rotatable bonds is 4. The maximum absolute atomic E-state index is 4.41. The number of aromatic nitrogens is 4. The Kier molecular flexibility index (Phi) is 3.37. The van der Waals surface area contributed by atoms with Crippen LogP contribution in [0.25, 0.3) is 0 Å². The average Bonchev–Trinajstić information content (AvgIpc) is 2.70. The van der Waals surface area contributed by atoms with Crippen LogP contribution in [-0.4, -0.2) is 26.3 Å². The Morgan fingerprint density at radius 1 is 1.18 bits per heavy atom. The monoisotopic (exact) mass is 231 g/mol. The standard InChI is InChI=1S/C12H17N5/c1-9-6-15-17(8-9)5-4-13-12-7-14-10(2)11(3)16-12/h6-8H,4-5H2,1-3H3,(H,13,16). The first-order valence-corrected chi connectivity index (χ1v) is 5.68. The summed E-state index contributed by atoms with van der Waals surface area (Å²) in [4.78, 5) is 8.67. The van der Waals surface area contributed by atoms with Crippen molar-refractivity contribution in [2.24, 2.45) is 0 Å². The third-order valence-corrected chi connectivity index (χ3v) is 2.60. The molecule has 2 heterocycles. The van der Waals surface area contributed by atoms with E-state index in [9.17, 15) is 0 Å². The Balaban J connectivity index is 1.87. The fourth-order valence-electron chi connectivity index (χ4n) is 1.51. The van der Waals surface area contributed by atoms with Gasteiger partial charge in [0.25, 0.3) is 0 Å². The summed E-state index contributed by atoms with van der Waals surface area (Å²) >= 11 is 0. The van der Waals surface area contributed by atoms with Gasteiger partial charge in [0, 0.05) is 12.7 Å². The molecule has 0 aliphatic heterocycles. The van der Waals surface area contributed by atoms with Crippen LogP contribution in [0.5, 0.6) is 0 Å². The largest absolute Gasteiger partial charge is 0.367 e. The first-order chi connectivity index (χ1) is 8.15. The summed E-state index contributed by atoms with van der Waals surface area (Å²) in [6, 6.07) is 0. The van der Waals surface area contributed by atoms with E-state index in [4.69, 9.17) is 0 Å². The van der Waals surface area contributed by atoms with Gasteiger partial charge in [-0.15, -0.1) is 0 Å².